The van der Waals surface area contributed by atoms with Gasteiger partial charge in [-0.15, -0.1) is 12.4 Å². The Kier molecular flexibility index (Phi) is 7.08. The summed E-state index contributed by atoms with van der Waals surface area (Å²) < 4.78 is 1.86. The minimum Gasteiger partial charge on any atom is -0.323 e. The molecule has 0 saturated carbocycles. The molecule has 0 bridgehead atoms. The van der Waals surface area contributed by atoms with Crippen LogP contribution in [0.4, 0.5) is 5.69 Å². The van der Waals surface area contributed by atoms with Gasteiger partial charge in [0.15, 0.2) is 0 Å². The van der Waals surface area contributed by atoms with Gasteiger partial charge >= 0.3 is 0 Å². The second kappa shape index (κ2) is 8.56. The van der Waals surface area contributed by atoms with Gasteiger partial charge in [-0.1, -0.05) is 18.2 Å². The van der Waals surface area contributed by atoms with E-state index in [1.165, 1.54) is 0 Å². The van der Waals surface area contributed by atoms with E-state index in [2.05, 4.69) is 15.7 Å². The third-order valence-corrected chi connectivity index (χ3v) is 3.39. The fourth-order valence-corrected chi connectivity index (χ4v) is 2.27. The number of benzene rings is 1. The monoisotopic (exact) mass is 322 g/mol. The zero-order valence-electron chi connectivity index (χ0n) is 13.2. The number of aromatic nitrogens is 2. The van der Waals surface area contributed by atoms with Crippen LogP contribution in [0.25, 0.3) is 5.69 Å². The van der Waals surface area contributed by atoms with Crippen LogP contribution in [0.15, 0.2) is 30.3 Å². The number of aryl methyl sites for hydroxylation is 1. The van der Waals surface area contributed by atoms with Gasteiger partial charge in [-0.2, -0.15) is 5.10 Å². The number of carbonyl (C=O) groups excluding carboxylic acids is 1. The van der Waals surface area contributed by atoms with Gasteiger partial charge in [0.1, 0.15) is 0 Å². The number of para-hydroxylation sites is 1. The van der Waals surface area contributed by atoms with E-state index in [-0.39, 0.29) is 18.3 Å². The van der Waals surface area contributed by atoms with Gasteiger partial charge in [-0.05, 0) is 46.0 Å². The van der Waals surface area contributed by atoms with E-state index < -0.39 is 0 Å². The van der Waals surface area contributed by atoms with E-state index in [9.17, 15) is 4.79 Å². The highest BCUT2D eigenvalue weighted by Gasteiger charge is 2.14. The SMILES string of the molecule is CNCCCC(=O)Nc1c(C)nn(-c2ccccc2)c1C.Cl. The van der Waals surface area contributed by atoms with Crippen molar-refractivity contribution >= 4 is 24.0 Å². The number of carbonyl (C=O) groups is 1. The molecular formula is C16H23ClN4O. The largest absolute Gasteiger partial charge is 0.323 e. The maximum Gasteiger partial charge on any atom is 0.224 e. The molecule has 6 heteroatoms. The topological polar surface area (TPSA) is 59.0 Å². The molecule has 0 aliphatic carbocycles. The summed E-state index contributed by atoms with van der Waals surface area (Å²) in [6.45, 7) is 4.72. The normalized spacial score (nSPS) is 10.1. The highest BCUT2D eigenvalue weighted by Crippen LogP contribution is 2.22. The number of hydrogen-bond donors (Lipinski definition) is 2. The van der Waals surface area contributed by atoms with Gasteiger partial charge in [-0.25, -0.2) is 4.68 Å². The number of hydrogen-bond acceptors (Lipinski definition) is 3. The molecule has 1 aromatic heterocycles. The molecule has 1 amide bonds. The van der Waals surface area contributed by atoms with E-state index in [4.69, 9.17) is 0 Å². The molecule has 0 saturated heterocycles. The first kappa shape index (κ1) is 18.2. The fraction of sp³-hybridized carbons (Fsp3) is 0.375. The van der Waals surface area contributed by atoms with Gasteiger partial charge in [0.2, 0.25) is 5.91 Å². The van der Waals surface area contributed by atoms with E-state index in [0.29, 0.717) is 6.42 Å². The molecule has 120 valence electrons. The Morgan fingerprint density at radius 3 is 2.55 bits per heavy atom. The van der Waals surface area contributed by atoms with Gasteiger partial charge in [0, 0.05) is 6.42 Å². The van der Waals surface area contributed by atoms with Gasteiger partial charge in [0.25, 0.3) is 0 Å². The van der Waals surface area contributed by atoms with Gasteiger partial charge < -0.3 is 10.6 Å². The number of anilines is 1. The van der Waals surface area contributed by atoms with Gasteiger partial charge in [0.05, 0.1) is 22.8 Å². The molecule has 22 heavy (non-hydrogen) atoms. The van der Waals surface area contributed by atoms with Crippen molar-refractivity contribution in [2.45, 2.75) is 26.7 Å². The summed E-state index contributed by atoms with van der Waals surface area (Å²) in [5, 5.41) is 10.5. The zero-order valence-corrected chi connectivity index (χ0v) is 14.0. The minimum atomic E-state index is 0. The number of nitrogens with one attached hydrogen (secondary N) is 2. The summed E-state index contributed by atoms with van der Waals surface area (Å²) in [7, 11) is 1.89. The van der Waals surface area contributed by atoms with Gasteiger partial charge in [-0.3, -0.25) is 4.79 Å². The molecule has 0 unspecified atom stereocenters. The lowest BCUT2D eigenvalue weighted by Crippen LogP contribution is -2.16. The highest BCUT2D eigenvalue weighted by molar-refractivity contribution is 5.92. The quantitative estimate of drug-likeness (QED) is 0.804. The second-order valence-electron chi connectivity index (χ2n) is 5.05. The van der Waals surface area contributed by atoms with Crippen molar-refractivity contribution in [3.05, 3.63) is 41.7 Å². The fourth-order valence-electron chi connectivity index (χ4n) is 2.27. The first-order valence-electron chi connectivity index (χ1n) is 7.19. The van der Waals surface area contributed by atoms with Crippen LogP contribution < -0.4 is 10.6 Å². The molecule has 1 heterocycles. The Balaban J connectivity index is 0.00000242. The van der Waals surface area contributed by atoms with Crippen molar-refractivity contribution in [2.75, 3.05) is 18.9 Å². The van der Waals surface area contributed by atoms with Crippen molar-refractivity contribution in [1.29, 1.82) is 0 Å². The lowest BCUT2D eigenvalue weighted by atomic mass is 10.2. The van der Waals surface area contributed by atoms with Crippen LogP contribution in [0.1, 0.15) is 24.2 Å². The molecule has 1 aromatic carbocycles. The van der Waals surface area contributed by atoms with Crippen molar-refractivity contribution in [3.8, 4) is 5.69 Å². The predicted molar refractivity (Wildman–Crippen MR) is 92.1 cm³/mol. The summed E-state index contributed by atoms with van der Waals surface area (Å²) in [6.07, 6.45) is 1.34. The number of nitrogens with zero attached hydrogens (tertiary/aromatic N) is 2. The minimum absolute atomic E-state index is 0. The molecule has 2 rings (SSSR count). The lowest BCUT2D eigenvalue weighted by molar-refractivity contribution is -0.116. The number of halogens is 1. The molecule has 2 aromatic rings. The summed E-state index contributed by atoms with van der Waals surface area (Å²) in [5.74, 6) is 0.0315. The van der Waals surface area contributed by atoms with E-state index in [1.807, 2.05) is 55.9 Å². The Morgan fingerprint density at radius 1 is 1.23 bits per heavy atom. The molecule has 2 N–H and O–H groups in total. The van der Waals surface area contributed by atoms with Crippen molar-refractivity contribution < 1.29 is 4.79 Å². The molecule has 0 spiro atoms. The molecule has 0 radical (unpaired) electrons. The van der Waals surface area contributed by atoms with Crippen LogP contribution in [0, 0.1) is 13.8 Å². The van der Waals surface area contributed by atoms with Crippen LogP contribution in [0.3, 0.4) is 0 Å². The Labute approximate surface area is 137 Å². The smallest absolute Gasteiger partial charge is 0.224 e. The third-order valence-electron chi connectivity index (χ3n) is 3.39. The Bertz CT molecular complexity index is 610. The zero-order chi connectivity index (χ0) is 15.2. The van der Waals surface area contributed by atoms with E-state index in [0.717, 1.165) is 35.7 Å². The number of amides is 1. The van der Waals surface area contributed by atoms with Crippen LogP contribution >= 0.6 is 12.4 Å². The van der Waals surface area contributed by atoms with Crippen molar-refractivity contribution in [2.24, 2.45) is 0 Å². The van der Waals surface area contributed by atoms with E-state index in [1.54, 1.807) is 0 Å². The second-order valence-corrected chi connectivity index (χ2v) is 5.05. The highest BCUT2D eigenvalue weighted by atomic mass is 35.5. The summed E-state index contributed by atoms with van der Waals surface area (Å²) >= 11 is 0. The standard InChI is InChI=1S/C16H22N4O.ClH/c1-12-16(18-15(21)10-7-11-17-3)13(2)20(19-12)14-8-5-4-6-9-14;/h4-6,8-9,17H,7,10-11H2,1-3H3,(H,18,21);1H. The summed E-state index contributed by atoms with van der Waals surface area (Å²) in [6, 6.07) is 9.92. The molecule has 0 aliphatic heterocycles. The third kappa shape index (κ3) is 4.32. The van der Waals surface area contributed by atoms with Crippen LogP contribution in [-0.4, -0.2) is 29.3 Å². The van der Waals surface area contributed by atoms with Crippen LogP contribution in [0.2, 0.25) is 0 Å². The van der Waals surface area contributed by atoms with Crippen LogP contribution in [-0.2, 0) is 4.79 Å². The van der Waals surface area contributed by atoms with E-state index >= 15 is 0 Å². The first-order chi connectivity index (χ1) is 10.1. The van der Waals surface area contributed by atoms with Crippen LogP contribution in [0.5, 0.6) is 0 Å². The molecule has 5 nitrogen and oxygen atoms in total. The molecule has 0 aliphatic rings. The summed E-state index contributed by atoms with van der Waals surface area (Å²) in [4.78, 5) is 12.0. The Hall–Kier alpha value is -1.85. The molecule has 0 fully saturated rings. The Morgan fingerprint density at radius 2 is 1.91 bits per heavy atom. The molecular weight excluding hydrogens is 300 g/mol. The number of rotatable bonds is 6. The van der Waals surface area contributed by atoms with Crippen molar-refractivity contribution in [3.63, 3.8) is 0 Å². The lowest BCUT2D eigenvalue weighted by Gasteiger charge is -2.07. The first-order valence-corrected chi connectivity index (χ1v) is 7.19. The molecule has 0 atom stereocenters. The maximum absolute atomic E-state index is 12.0. The van der Waals surface area contributed by atoms with Crippen molar-refractivity contribution in [1.82, 2.24) is 15.1 Å². The average Bonchev–Trinajstić information content (AvgIpc) is 2.76. The summed E-state index contributed by atoms with van der Waals surface area (Å²) in [5.41, 5.74) is 3.58. The predicted octanol–water partition coefficient (Wildman–Crippen LogP) is 2.85. The maximum atomic E-state index is 12.0. The average molecular weight is 323 g/mol.